The van der Waals surface area contributed by atoms with Crippen LogP contribution in [0.25, 0.3) is 0 Å². The van der Waals surface area contributed by atoms with Crippen molar-refractivity contribution in [3.63, 3.8) is 0 Å². The average Bonchev–Trinajstić information content (AvgIpc) is 2.34. The molecule has 0 bridgehead atoms. The molecule has 1 rings (SSSR count). The van der Waals surface area contributed by atoms with Crippen molar-refractivity contribution in [3.05, 3.63) is 47.7 Å². The van der Waals surface area contributed by atoms with Gasteiger partial charge in [0.1, 0.15) is 0 Å². The van der Waals surface area contributed by atoms with Gasteiger partial charge >= 0.3 is 0 Å². The molecule has 0 aromatic rings. The second-order valence-corrected chi connectivity index (χ2v) is 3.99. The maximum atomic E-state index is 4.55. The highest BCUT2D eigenvalue weighted by atomic mass is 14.7. The van der Waals surface area contributed by atoms with Crippen LogP contribution in [0.5, 0.6) is 0 Å². The Bertz CT molecular complexity index is 378. The molecule has 0 N–H and O–H groups in total. The maximum absolute atomic E-state index is 4.55. The lowest BCUT2D eigenvalue weighted by Crippen LogP contribution is -2.14. The summed E-state index contributed by atoms with van der Waals surface area (Å²) in [5.41, 5.74) is 3.68. The molecule has 0 spiro atoms. The second kappa shape index (κ2) is 6.26. The van der Waals surface area contributed by atoms with Gasteiger partial charge in [-0.3, -0.25) is 4.99 Å². The molecule has 1 aliphatic carbocycles. The molecule has 0 saturated heterocycles. The average molecular weight is 215 g/mol. The summed E-state index contributed by atoms with van der Waals surface area (Å²) < 4.78 is 0. The standard InChI is InChI=1S/C15H21N/c1-5-11-16-15-13(7-3)9-8-10-14(15)12(4)6-2/h5,7-12H,6H2,1-4H3/b11-5-,13-7-,16-15-. The van der Waals surface area contributed by atoms with Crippen molar-refractivity contribution in [1.82, 2.24) is 0 Å². The Balaban J connectivity index is 3.13. The van der Waals surface area contributed by atoms with Crippen LogP contribution in [0.3, 0.4) is 0 Å². The monoisotopic (exact) mass is 215 g/mol. The Labute approximate surface area is 99.0 Å². The molecule has 0 aromatic carbocycles. The smallest absolute Gasteiger partial charge is 0.0733 e. The van der Waals surface area contributed by atoms with Gasteiger partial charge in [0, 0.05) is 6.20 Å². The topological polar surface area (TPSA) is 12.4 Å². The van der Waals surface area contributed by atoms with Gasteiger partial charge in [0.2, 0.25) is 0 Å². The highest BCUT2D eigenvalue weighted by molar-refractivity contribution is 6.15. The summed E-state index contributed by atoms with van der Waals surface area (Å²) in [5, 5.41) is 0. The molecule has 86 valence electrons. The Morgan fingerprint density at radius 1 is 1.38 bits per heavy atom. The van der Waals surface area contributed by atoms with Crippen molar-refractivity contribution < 1.29 is 0 Å². The number of hydrogen-bond acceptors (Lipinski definition) is 1. The number of hydrogen-bond donors (Lipinski definition) is 0. The summed E-state index contributed by atoms with van der Waals surface area (Å²) in [6, 6.07) is 0. The SMILES string of the molecule is C\C=C/N=C1\C(C(C)CC)=CC=C\C1=C\C. The molecule has 1 aliphatic rings. The van der Waals surface area contributed by atoms with E-state index in [1.54, 1.807) is 0 Å². The van der Waals surface area contributed by atoms with E-state index in [0.29, 0.717) is 5.92 Å². The quantitative estimate of drug-likeness (QED) is 0.659. The number of allylic oxidation sites excluding steroid dienone is 7. The van der Waals surface area contributed by atoms with Gasteiger partial charge in [-0.05, 0) is 37.3 Å². The number of rotatable bonds is 3. The van der Waals surface area contributed by atoms with E-state index < -0.39 is 0 Å². The van der Waals surface area contributed by atoms with Crippen LogP contribution in [0.4, 0.5) is 0 Å². The Morgan fingerprint density at radius 3 is 2.69 bits per heavy atom. The number of nitrogens with zero attached hydrogens (tertiary/aromatic N) is 1. The van der Waals surface area contributed by atoms with Crippen molar-refractivity contribution in [2.75, 3.05) is 0 Å². The summed E-state index contributed by atoms with van der Waals surface area (Å²) in [6.45, 7) is 8.52. The van der Waals surface area contributed by atoms with Crippen molar-refractivity contribution in [2.45, 2.75) is 34.1 Å². The molecule has 0 saturated carbocycles. The molecule has 1 atom stereocenters. The van der Waals surface area contributed by atoms with Crippen molar-refractivity contribution in [2.24, 2.45) is 10.9 Å². The highest BCUT2D eigenvalue weighted by Gasteiger charge is 2.17. The molecule has 16 heavy (non-hydrogen) atoms. The van der Waals surface area contributed by atoms with Gasteiger partial charge in [-0.15, -0.1) is 0 Å². The lowest BCUT2D eigenvalue weighted by atomic mass is 9.87. The zero-order valence-electron chi connectivity index (χ0n) is 10.7. The molecule has 0 aromatic heterocycles. The van der Waals surface area contributed by atoms with Crippen LogP contribution in [0.15, 0.2) is 52.7 Å². The van der Waals surface area contributed by atoms with Crippen LogP contribution in [-0.4, -0.2) is 5.71 Å². The summed E-state index contributed by atoms with van der Waals surface area (Å²) >= 11 is 0. The van der Waals surface area contributed by atoms with Crippen LogP contribution in [0.2, 0.25) is 0 Å². The molecular formula is C15H21N. The molecular weight excluding hydrogens is 194 g/mol. The van der Waals surface area contributed by atoms with E-state index in [0.717, 1.165) is 12.1 Å². The third-order valence-corrected chi connectivity index (χ3v) is 2.91. The first-order valence-electron chi connectivity index (χ1n) is 5.98. The zero-order valence-corrected chi connectivity index (χ0v) is 10.7. The van der Waals surface area contributed by atoms with Gasteiger partial charge in [-0.2, -0.15) is 0 Å². The predicted octanol–water partition coefficient (Wildman–Crippen LogP) is 4.45. The van der Waals surface area contributed by atoms with E-state index in [2.05, 4.69) is 50.1 Å². The highest BCUT2D eigenvalue weighted by Crippen LogP contribution is 2.24. The van der Waals surface area contributed by atoms with Crippen molar-refractivity contribution >= 4 is 5.71 Å². The minimum absolute atomic E-state index is 0.559. The van der Waals surface area contributed by atoms with E-state index in [-0.39, 0.29) is 0 Å². The Hall–Kier alpha value is -1.37. The van der Waals surface area contributed by atoms with Gasteiger partial charge in [-0.1, -0.05) is 44.2 Å². The number of aliphatic imine (C=N–C) groups is 1. The third-order valence-electron chi connectivity index (χ3n) is 2.91. The minimum atomic E-state index is 0.559. The van der Waals surface area contributed by atoms with Gasteiger partial charge in [0.05, 0.1) is 5.71 Å². The first-order chi connectivity index (χ1) is 7.74. The van der Waals surface area contributed by atoms with Crippen LogP contribution in [0.1, 0.15) is 34.1 Å². The molecule has 0 aliphatic heterocycles. The fraction of sp³-hybridized carbons (Fsp3) is 0.400. The molecule has 1 nitrogen and oxygen atoms in total. The Morgan fingerprint density at radius 2 is 2.12 bits per heavy atom. The van der Waals surface area contributed by atoms with E-state index in [9.17, 15) is 0 Å². The first kappa shape index (κ1) is 12.7. The third kappa shape index (κ3) is 2.82. The fourth-order valence-corrected chi connectivity index (χ4v) is 1.73. The van der Waals surface area contributed by atoms with E-state index in [4.69, 9.17) is 0 Å². The first-order valence-corrected chi connectivity index (χ1v) is 5.98. The van der Waals surface area contributed by atoms with E-state index >= 15 is 0 Å². The summed E-state index contributed by atoms with van der Waals surface area (Å²) in [5.74, 6) is 0.559. The molecule has 1 heteroatoms. The predicted molar refractivity (Wildman–Crippen MR) is 72.7 cm³/mol. The summed E-state index contributed by atoms with van der Waals surface area (Å²) in [7, 11) is 0. The van der Waals surface area contributed by atoms with Gasteiger partial charge in [0.15, 0.2) is 0 Å². The lowest BCUT2D eigenvalue weighted by Gasteiger charge is -2.19. The van der Waals surface area contributed by atoms with Crippen LogP contribution in [-0.2, 0) is 0 Å². The summed E-state index contributed by atoms with van der Waals surface area (Å²) in [4.78, 5) is 4.55. The largest absolute Gasteiger partial charge is 0.256 e. The van der Waals surface area contributed by atoms with Gasteiger partial charge in [0.25, 0.3) is 0 Å². The van der Waals surface area contributed by atoms with E-state index in [1.807, 2.05) is 19.2 Å². The van der Waals surface area contributed by atoms with Crippen LogP contribution >= 0.6 is 0 Å². The molecule has 0 amide bonds. The minimum Gasteiger partial charge on any atom is -0.256 e. The van der Waals surface area contributed by atoms with Gasteiger partial charge < -0.3 is 0 Å². The van der Waals surface area contributed by atoms with Crippen LogP contribution in [0, 0.1) is 5.92 Å². The normalized spacial score (nSPS) is 23.1. The molecule has 0 fully saturated rings. The summed E-state index contributed by atoms with van der Waals surface area (Å²) in [6.07, 6.45) is 13.5. The van der Waals surface area contributed by atoms with Crippen LogP contribution < -0.4 is 0 Å². The molecule has 0 radical (unpaired) electrons. The van der Waals surface area contributed by atoms with Crippen molar-refractivity contribution in [1.29, 1.82) is 0 Å². The zero-order chi connectivity index (χ0) is 12.0. The maximum Gasteiger partial charge on any atom is 0.0733 e. The fourth-order valence-electron chi connectivity index (χ4n) is 1.73. The molecule has 0 heterocycles. The van der Waals surface area contributed by atoms with Gasteiger partial charge in [-0.25, -0.2) is 0 Å². The lowest BCUT2D eigenvalue weighted by molar-refractivity contribution is 0.677. The van der Waals surface area contributed by atoms with Crippen molar-refractivity contribution in [3.8, 4) is 0 Å². The molecule has 1 unspecified atom stereocenters. The Kier molecular flexibility index (Phi) is 4.97. The second-order valence-electron chi connectivity index (χ2n) is 3.99. The van der Waals surface area contributed by atoms with E-state index in [1.165, 1.54) is 11.1 Å².